The first-order chi connectivity index (χ1) is 12.2. The van der Waals surface area contributed by atoms with Crippen LogP contribution in [-0.4, -0.2) is 42.6 Å². The van der Waals surface area contributed by atoms with E-state index in [1.165, 1.54) is 11.0 Å². The number of nitrogens with one attached hydrogen (secondary N) is 2. The number of phenolic OH excluding ortho intramolecular Hbond substituents is 1. The molecule has 1 aliphatic heterocycles. The quantitative estimate of drug-likeness (QED) is 0.642. The van der Waals surface area contributed by atoms with Crippen LogP contribution in [0.2, 0.25) is 0 Å². The topological polar surface area (TPSA) is 136 Å². The fourth-order valence-corrected chi connectivity index (χ4v) is 3.69. The minimum Gasteiger partial charge on any atom is -0.507 e. The van der Waals surface area contributed by atoms with Crippen LogP contribution < -0.4 is 10.0 Å². The second-order valence-corrected chi connectivity index (χ2v) is 7.40. The van der Waals surface area contributed by atoms with E-state index in [-0.39, 0.29) is 17.3 Å². The molecule has 2 aromatic rings. The maximum Gasteiger partial charge on any atom is 0.335 e. The Morgan fingerprint density at radius 1 is 1.23 bits per heavy atom. The van der Waals surface area contributed by atoms with E-state index in [4.69, 9.17) is 5.11 Å². The van der Waals surface area contributed by atoms with Gasteiger partial charge >= 0.3 is 12.0 Å². The van der Waals surface area contributed by atoms with Crippen LogP contribution in [0.5, 0.6) is 5.75 Å². The number of carboxylic acids is 1. The first-order valence-corrected chi connectivity index (χ1v) is 8.90. The minimum atomic E-state index is -4.22. The maximum absolute atomic E-state index is 12.5. The molecule has 0 spiro atoms. The molecule has 1 aliphatic rings. The van der Waals surface area contributed by atoms with Gasteiger partial charge in [-0.15, -0.1) is 0 Å². The van der Waals surface area contributed by atoms with Crippen LogP contribution in [0.25, 0.3) is 0 Å². The molecule has 0 aliphatic carbocycles. The summed E-state index contributed by atoms with van der Waals surface area (Å²) in [7, 11) is -2.61. The second-order valence-electron chi connectivity index (χ2n) is 5.75. The molecule has 0 aromatic heterocycles. The van der Waals surface area contributed by atoms with E-state index in [9.17, 15) is 23.1 Å². The Kier molecular flexibility index (Phi) is 4.20. The van der Waals surface area contributed by atoms with Gasteiger partial charge in [-0.2, -0.15) is 0 Å². The number of sulfonamides is 1. The molecule has 9 nitrogen and oxygen atoms in total. The summed E-state index contributed by atoms with van der Waals surface area (Å²) in [5, 5.41) is 21.5. The van der Waals surface area contributed by atoms with Crippen molar-refractivity contribution >= 4 is 33.4 Å². The number of urea groups is 1. The summed E-state index contributed by atoms with van der Waals surface area (Å²) >= 11 is 0. The van der Waals surface area contributed by atoms with Crippen LogP contribution in [0.3, 0.4) is 0 Å². The average Bonchev–Trinajstić information content (AvgIpc) is 2.56. The number of carboxylic acid groups (broad SMARTS) is 1. The summed E-state index contributed by atoms with van der Waals surface area (Å²) in [5.41, 5.74) is 1.23. The molecule has 0 atom stereocenters. The van der Waals surface area contributed by atoms with Crippen molar-refractivity contribution in [3.05, 3.63) is 47.5 Å². The normalized spacial score (nSPS) is 13.7. The number of amides is 2. The molecule has 0 bridgehead atoms. The zero-order valence-corrected chi connectivity index (χ0v) is 14.4. The van der Waals surface area contributed by atoms with Crippen LogP contribution in [0.1, 0.15) is 15.9 Å². The molecule has 136 valence electrons. The summed E-state index contributed by atoms with van der Waals surface area (Å²) < 4.78 is 27.4. The van der Waals surface area contributed by atoms with Gasteiger partial charge in [-0.3, -0.25) is 4.72 Å². The zero-order valence-electron chi connectivity index (χ0n) is 13.6. The van der Waals surface area contributed by atoms with Crippen molar-refractivity contribution in [1.82, 2.24) is 4.90 Å². The van der Waals surface area contributed by atoms with Crippen molar-refractivity contribution in [3.63, 3.8) is 0 Å². The third-order valence-electron chi connectivity index (χ3n) is 3.85. The van der Waals surface area contributed by atoms with Gasteiger partial charge in [-0.05, 0) is 42.0 Å². The van der Waals surface area contributed by atoms with E-state index in [1.807, 2.05) is 0 Å². The smallest absolute Gasteiger partial charge is 0.335 e. The van der Waals surface area contributed by atoms with Crippen LogP contribution in [0, 0.1) is 0 Å². The summed E-state index contributed by atoms with van der Waals surface area (Å²) in [4.78, 5) is 23.5. The monoisotopic (exact) mass is 377 g/mol. The lowest BCUT2D eigenvalue weighted by molar-refractivity contribution is 0.0696. The number of benzene rings is 2. The number of aromatic hydroxyl groups is 1. The SMILES string of the molecule is CN1Cc2cc(NS(=O)(=O)c3cc(C(=O)O)ccc3O)ccc2NC1=O. The molecule has 2 amide bonds. The first kappa shape index (κ1) is 17.5. The fourth-order valence-electron chi connectivity index (χ4n) is 2.52. The van der Waals surface area contributed by atoms with Gasteiger partial charge in [0.15, 0.2) is 0 Å². The molecule has 26 heavy (non-hydrogen) atoms. The maximum atomic E-state index is 12.5. The molecule has 0 fully saturated rings. The Morgan fingerprint density at radius 3 is 2.65 bits per heavy atom. The number of fused-ring (bicyclic) bond motifs is 1. The molecule has 3 rings (SSSR count). The lowest BCUT2D eigenvalue weighted by Crippen LogP contribution is -2.35. The van der Waals surface area contributed by atoms with Crippen LogP contribution in [-0.2, 0) is 16.6 Å². The van der Waals surface area contributed by atoms with Crippen LogP contribution in [0.15, 0.2) is 41.3 Å². The summed E-state index contributed by atoms with van der Waals surface area (Å²) in [6.07, 6.45) is 0. The largest absolute Gasteiger partial charge is 0.507 e. The summed E-state index contributed by atoms with van der Waals surface area (Å²) in [6, 6.07) is 7.31. The minimum absolute atomic E-state index is 0.216. The number of aromatic carboxylic acids is 1. The van der Waals surface area contributed by atoms with E-state index < -0.39 is 26.6 Å². The van der Waals surface area contributed by atoms with Gasteiger partial charge in [-0.1, -0.05) is 0 Å². The van der Waals surface area contributed by atoms with Crippen LogP contribution >= 0.6 is 0 Å². The molecule has 0 saturated carbocycles. The van der Waals surface area contributed by atoms with Crippen LogP contribution in [0.4, 0.5) is 16.2 Å². The first-order valence-electron chi connectivity index (χ1n) is 7.41. The Morgan fingerprint density at radius 2 is 1.96 bits per heavy atom. The number of carbonyl (C=O) groups excluding carboxylic acids is 1. The molecule has 0 unspecified atom stereocenters. The number of rotatable bonds is 4. The van der Waals surface area contributed by atoms with Gasteiger partial charge in [0.25, 0.3) is 10.0 Å². The highest BCUT2D eigenvalue weighted by Gasteiger charge is 2.23. The van der Waals surface area contributed by atoms with Gasteiger partial charge in [0, 0.05) is 25.0 Å². The number of nitrogens with zero attached hydrogens (tertiary/aromatic N) is 1. The molecular formula is C16H15N3O6S. The highest BCUT2D eigenvalue weighted by atomic mass is 32.2. The van der Waals surface area contributed by atoms with Gasteiger partial charge in [0.2, 0.25) is 0 Å². The molecule has 2 aromatic carbocycles. The van der Waals surface area contributed by atoms with Crippen molar-refractivity contribution in [2.75, 3.05) is 17.1 Å². The van der Waals surface area contributed by atoms with Crippen molar-refractivity contribution < 1.29 is 28.2 Å². The predicted molar refractivity (Wildman–Crippen MR) is 92.8 cm³/mol. The summed E-state index contributed by atoms with van der Waals surface area (Å²) in [5.74, 6) is -1.87. The molecular weight excluding hydrogens is 362 g/mol. The molecule has 0 saturated heterocycles. The fraction of sp³-hybridized carbons (Fsp3) is 0.125. The van der Waals surface area contributed by atoms with Crippen molar-refractivity contribution in [1.29, 1.82) is 0 Å². The number of anilines is 2. The number of hydrogen-bond acceptors (Lipinski definition) is 5. The second kappa shape index (κ2) is 6.23. The average molecular weight is 377 g/mol. The highest BCUT2D eigenvalue weighted by Crippen LogP contribution is 2.29. The van der Waals surface area contributed by atoms with E-state index >= 15 is 0 Å². The van der Waals surface area contributed by atoms with E-state index in [2.05, 4.69) is 10.0 Å². The van der Waals surface area contributed by atoms with Crippen molar-refractivity contribution in [2.45, 2.75) is 11.4 Å². The van der Waals surface area contributed by atoms with Gasteiger partial charge < -0.3 is 20.4 Å². The van der Waals surface area contributed by atoms with Crippen molar-refractivity contribution in [3.8, 4) is 5.75 Å². The summed E-state index contributed by atoms with van der Waals surface area (Å²) in [6.45, 7) is 0.302. The number of phenols is 1. The third-order valence-corrected chi connectivity index (χ3v) is 5.26. The van der Waals surface area contributed by atoms with E-state index in [0.29, 0.717) is 17.8 Å². The number of carbonyl (C=O) groups is 2. The molecule has 4 N–H and O–H groups in total. The molecule has 0 radical (unpaired) electrons. The molecule has 10 heteroatoms. The van der Waals surface area contributed by atoms with Gasteiger partial charge in [0.05, 0.1) is 5.56 Å². The Bertz CT molecular complexity index is 1020. The standard InChI is InChI=1S/C16H15N3O6S/c1-19-8-10-6-11(3-4-12(10)17-16(19)23)18-26(24,25)14-7-9(15(21)22)2-5-13(14)20/h2-7,18,20H,8H2,1H3,(H,17,23)(H,21,22). The van der Waals surface area contributed by atoms with E-state index in [1.54, 1.807) is 19.2 Å². The highest BCUT2D eigenvalue weighted by molar-refractivity contribution is 7.92. The Hall–Kier alpha value is -3.27. The zero-order chi connectivity index (χ0) is 19.1. The third kappa shape index (κ3) is 3.26. The predicted octanol–water partition coefficient (Wildman–Crippen LogP) is 1.87. The Balaban J connectivity index is 1.94. The van der Waals surface area contributed by atoms with Gasteiger partial charge in [0.1, 0.15) is 10.6 Å². The lowest BCUT2D eigenvalue weighted by Gasteiger charge is -2.26. The lowest BCUT2D eigenvalue weighted by atomic mass is 10.1. The van der Waals surface area contributed by atoms with Crippen molar-refractivity contribution in [2.24, 2.45) is 0 Å². The van der Waals surface area contributed by atoms with Gasteiger partial charge in [-0.25, -0.2) is 18.0 Å². The number of hydrogen-bond donors (Lipinski definition) is 4. The Labute approximate surface area is 148 Å². The molecule has 1 heterocycles. The van der Waals surface area contributed by atoms with E-state index in [0.717, 1.165) is 18.2 Å².